The lowest BCUT2D eigenvalue weighted by Gasteiger charge is -2.38. The molecule has 40 heavy (non-hydrogen) atoms. The first kappa shape index (κ1) is 33.5. The van der Waals surface area contributed by atoms with E-state index in [0.717, 1.165) is 47.9 Å². The molecule has 2 aromatic carbocycles. The van der Waals surface area contributed by atoms with Gasteiger partial charge >= 0.3 is 17.9 Å². The van der Waals surface area contributed by atoms with Crippen molar-refractivity contribution < 1.29 is 29.0 Å². The number of hydrogen-bond donors (Lipinski definition) is 3. The standard InChI is InChI=1S/C24H32N2O4.C6H13NO2S/c1-24(2,3)30-23(29)22(20-13-6-7-14-25-20)26(16-21(27)28)15-18-11-8-10-17-9-4-5-12-19(17)18;1-9-6(8)5(7)3-4-10-2/h4-5,8-12,20,22,25H,6-7,13-16H2,1-3H3,(H,27,28);5H,3-4,7H2,1-2H3/t20-,22?;5-/m00/s1. The first-order chi connectivity index (χ1) is 19.0. The highest BCUT2D eigenvalue weighted by Gasteiger charge is 2.38. The highest BCUT2D eigenvalue weighted by molar-refractivity contribution is 7.98. The molecule has 0 bridgehead atoms. The molecule has 1 aliphatic heterocycles. The zero-order valence-electron chi connectivity index (χ0n) is 24.4. The SMILES string of the molecule is CC(C)(C)OC(=O)C([C@@H]1CCCCN1)N(CC(=O)O)Cc1cccc2ccccc12.COC(=O)[C@@H](N)CCSC. The van der Waals surface area contributed by atoms with E-state index >= 15 is 0 Å². The minimum atomic E-state index is -0.959. The average Bonchev–Trinajstić information content (AvgIpc) is 2.91. The molecule has 1 fully saturated rings. The van der Waals surface area contributed by atoms with E-state index in [0.29, 0.717) is 13.0 Å². The van der Waals surface area contributed by atoms with E-state index in [4.69, 9.17) is 10.5 Å². The topological polar surface area (TPSA) is 131 Å². The Labute approximate surface area is 242 Å². The van der Waals surface area contributed by atoms with Crippen molar-refractivity contribution in [3.8, 4) is 0 Å². The Kier molecular flexibility index (Phi) is 13.9. The third kappa shape index (κ3) is 11.1. The summed E-state index contributed by atoms with van der Waals surface area (Å²) in [5.41, 5.74) is 5.78. The molecule has 0 amide bonds. The lowest BCUT2D eigenvalue weighted by atomic mass is 9.95. The van der Waals surface area contributed by atoms with Crippen LogP contribution in [0.2, 0.25) is 0 Å². The number of hydrogen-bond acceptors (Lipinski definition) is 9. The Hall–Kier alpha value is -2.66. The Bertz CT molecular complexity index is 1100. The summed E-state index contributed by atoms with van der Waals surface area (Å²) in [7, 11) is 1.35. The quantitative estimate of drug-likeness (QED) is 0.340. The fourth-order valence-electron chi connectivity index (χ4n) is 4.67. The van der Waals surface area contributed by atoms with Crippen molar-refractivity contribution in [2.45, 2.75) is 76.7 Å². The van der Waals surface area contributed by atoms with E-state index in [1.165, 1.54) is 7.11 Å². The fourth-order valence-corrected chi connectivity index (χ4v) is 5.16. The van der Waals surface area contributed by atoms with E-state index in [-0.39, 0.29) is 24.5 Å². The van der Waals surface area contributed by atoms with Gasteiger partial charge in [0.1, 0.15) is 17.7 Å². The van der Waals surface area contributed by atoms with Gasteiger partial charge in [0.25, 0.3) is 0 Å². The second-order valence-corrected chi connectivity index (χ2v) is 11.9. The van der Waals surface area contributed by atoms with Crippen LogP contribution < -0.4 is 11.1 Å². The van der Waals surface area contributed by atoms with Gasteiger partial charge in [-0.05, 0) is 74.9 Å². The van der Waals surface area contributed by atoms with Crippen LogP contribution in [-0.4, -0.2) is 83.8 Å². The molecular weight excluding hydrogens is 530 g/mol. The number of nitrogens with one attached hydrogen (secondary N) is 1. The number of benzene rings is 2. The van der Waals surface area contributed by atoms with Crippen LogP contribution >= 0.6 is 11.8 Å². The summed E-state index contributed by atoms with van der Waals surface area (Å²) >= 11 is 1.67. The van der Waals surface area contributed by atoms with Crippen LogP contribution in [0, 0.1) is 0 Å². The molecule has 0 aromatic heterocycles. The third-order valence-electron chi connectivity index (χ3n) is 6.50. The van der Waals surface area contributed by atoms with Crippen molar-refractivity contribution in [3.05, 3.63) is 48.0 Å². The third-order valence-corrected chi connectivity index (χ3v) is 7.14. The number of carboxylic acid groups (broad SMARTS) is 1. The number of nitrogens with two attached hydrogens (primary N) is 1. The smallest absolute Gasteiger partial charge is 0.325 e. The second kappa shape index (κ2) is 16.6. The molecule has 0 aliphatic carbocycles. The fraction of sp³-hybridized carbons (Fsp3) is 0.567. The zero-order valence-corrected chi connectivity index (χ0v) is 25.2. The molecule has 0 saturated carbocycles. The number of carboxylic acids is 1. The lowest BCUT2D eigenvalue weighted by Crippen LogP contribution is -2.57. The number of methoxy groups -OCH3 is 1. The Morgan fingerprint density at radius 1 is 1.12 bits per heavy atom. The molecule has 2 aromatic rings. The molecule has 1 aliphatic rings. The van der Waals surface area contributed by atoms with Crippen LogP contribution in [-0.2, 0) is 30.4 Å². The second-order valence-electron chi connectivity index (χ2n) is 10.9. The molecule has 0 radical (unpaired) electrons. The van der Waals surface area contributed by atoms with Crippen LogP contribution in [0.1, 0.15) is 52.0 Å². The number of aliphatic carboxylic acids is 1. The predicted molar refractivity (Wildman–Crippen MR) is 160 cm³/mol. The minimum Gasteiger partial charge on any atom is -0.480 e. The lowest BCUT2D eigenvalue weighted by molar-refractivity contribution is -0.164. The number of thioether (sulfide) groups is 1. The summed E-state index contributed by atoms with van der Waals surface area (Å²) in [4.78, 5) is 37.4. The number of esters is 2. The molecule has 1 unspecified atom stereocenters. The average molecular weight is 576 g/mol. The summed E-state index contributed by atoms with van der Waals surface area (Å²) in [6.45, 7) is 6.45. The monoisotopic (exact) mass is 575 g/mol. The van der Waals surface area contributed by atoms with Gasteiger partial charge < -0.3 is 25.6 Å². The van der Waals surface area contributed by atoms with Gasteiger partial charge in [0.05, 0.1) is 13.7 Å². The molecule has 9 nitrogen and oxygen atoms in total. The Balaban J connectivity index is 0.000000478. The van der Waals surface area contributed by atoms with Crippen LogP contribution in [0.5, 0.6) is 0 Å². The van der Waals surface area contributed by atoms with Gasteiger partial charge in [0, 0.05) is 12.6 Å². The van der Waals surface area contributed by atoms with Crippen molar-refractivity contribution >= 4 is 40.4 Å². The summed E-state index contributed by atoms with van der Waals surface area (Å²) < 4.78 is 10.2. The largest absolute Gasteiger partial charge is 0.480 e. The molecule has 222 valence electrons. The molecule has 3 atom stereocenters. The van der Waals surface area contributed by atoms with E-state index in [9.17, 15) is 19.5 Å². The normalized spacial score (nSPS) is 16.9. The zero-order chi connectivity index (χ0) is 29.7. The van der Waals surface area contributed by atoms with Crippen LogP contribution in [0.4, 0.5) is 0 Å². The summed E-state index contributed by atoms with van der Waals surface area (Å²) in [6, 6.07) is 12.8. The van der Waals surface area contributed by atoms with E-state index in [1.54, 1.807) is 16.7 Å². The van der Waals surface area contributed by atoms with Crippen molar-refractivity contribution in [1.29, 1.82) is 0 Å². The predicted octanol–water partition coefficient (Wildman–Crippen LogP) is 3.82. The van der Waals surface area contributed by atoms with Crippen LogP contribution in [0.15, 0.2) is 42.5 Å². The number of rotatable bonds is 11. The Morgan fingerprint density at radius 2 is 1.82 bits per heavy atom. The van der Waals surface area contributed by atoms with Crippen molar-refractivity contribution in [2.75, 3.05) is 32.2 Å². The number of piperidine rings is 1. The number of nitrogens with zero attached hydrogens (tertiary/aromatic N) is 1. The van der Waals surface area contributed by atoms with E-state index in [1.807, 2.05) is 69.5 Å². The number of carbonyl (C=O) groups is 3. The first-order valence-corrected chi connectivity index (χ1v) is 15.1. The maximum absolute atomic E-state index is 13.2. The van der Waals surface area contributed by atoms with E-state index < -0.39 is 23.7 Å². The molecule has 1 saturated heterocycles. The highest BCUT2D eigenvalue weighted by Crippen LogP contribution is 2.24. The van der Waals surface area contributed by atoms with Gasteiger partial charge in [-0.2, -0.15) is 11.8 Å². The molecule has 0 spiro atoms. The molecule has 4 N–H and O–H groups in total. The number of carbonyl (C=O) groups excluding carboxylic acids is 2. The molecular formula is C30H45N3O6S. The summed E-state index contributed by atoms with van der Waals surface area (Å²) in [6.07, 6.45) is 5.54. The van der Waals surface area contributed by atoms with Crippen LogP contribution in [0.3, 0.4) is 0 Å². The maximum atomic E-state index is 13.2. The molecule has 10 heteroatoms. The summed E-state index contributed by atoms with van der Waals surface area (Å²) in [5, 5.41) is 15.2. The van der Waals surface area contributed by atoms with Gasteiger partial charge in [-0.15, -0.1) is 0 Å². The number of ether oxygens (including phenoxy) is 2. The van der Waals surface area contributed by atoms with Crippen LogP contribution in [0.25, 0.3) is 10.8 Å². The highest BCUT2D eigenvalue weighted by atomic mass is 32.2. The van der Waals surface area contributed by atoms with Gasteiger partial charge in [-0.25, -0.2) is 0 Å². The minimum absolute atomic E-state index is 0.136. The molecule has 3 rings (SSSR count). The van der Waals surface area contributed by atoms with Gasteiger partial charge in [0.15, 0.2) is 0 Å². The van der Waals surface area contributed by atoms with E-state index in [2.05, 4.69) is 10.1 Å². The van der Waals surface area contributed by atoms with Crippen molar-refractivity contribution in [2.24, 2.45) is 5.73 Å². The maximum Gasteiger partial charge on any atom is 0.325 e. The van der Waals surface area contributed by atoms with Gasteiger partial charge in [0.2, 0.25) is 0 Å². The van der Waals surface area contributed by atoms with Gasteiger partial charge in [-0.1, -0.05) is 48.9 Å². The molecule has 1 heterocycles. The summed E-state index contributed by atoms with van der Waals surface area (Å²) in [5.74, 6) is -0.756. The van der Waals surface area contributed by atoms with Crippen molar-refractivity contribution in [3.63, 3.8) is 0 Å². The van der Waals surface area contributed by atoms with Gasteiger partial charge in [-0.3, -0.25) is 19.3 Å². The Morgan fingerprint density at radius 3 is 2.42 bits per heavy atom. The van der Waals surface area contributed by atoms with Crippen molar-refractivity contribution in [1.82, 2.24) is 10.2 Å². The first-order valence-electron chi connectivity index (χ1n) is 13.7. The number of fused-ring (bicyclic) bond motifs is 1.